The van der Waals surface area contributed by atoms with Gasteiger partial charge in [-0.2, -0.15) is 0 Å². The minimum absolute atomic E-state index is 0.0458. The Kier molecular flexibility index (Phi) is 4.54. The molecule has 0 aromatic heterocycles. The molecule has 2 atom stereocenters. The zero-order valence-corrected chi connectivity index (χ0v) is 9.75. The van der Waals surface area contributed by atoms with Gasteiger partial charge in [0.05, 0.1) is 19.4 Å². The van der Waals surface area contributed by atoms with Gasteiger partial charge in [0.25, 0.3) is 0 Å². The SMILES string of the molecule is COP(=O)(CC1COCC(C)N1)OC. The Morgan fingerprint density at radius 1 is 1.43 bits per heavy atom. The van der Waals surface area contributed by atoms with Crippen molar-refractivity contribution in [2.24, 2.45) is 0 Å². The van der Waals surface area contributed by atoms with E-state index < -0.39 is 7.60 Å². The van der Waals surface area contributed by atoms with Gasteiger partial charge >= 0.3 is 7.60 Å². The first-order valence-corrected chi connectivity index (χ1v) is 6.37. The van der Waals surface area contributed by atoms with Crippen molar-refractivity contribution in [2.45, 2.75) is 19.0 Å². The molecule has 0 aromatic carbocycles. The summed E-state index contributed by atoms with van der Waals surface area (Å²) >= 11 is 0. The van der Waals surface area contributed by atoms with Gasteiger partial charge in [0.15, 0.2) is 0 Å². The maximum absolute atomic E-state index is 11.8. The number of hydrogen-bond donors (Lipinski definition) is 1. The van der Waals surface area contributed by atoms with Crippen LogP contribution in [0.4, 0.5) is 0 Å². The Labute approximate surface area is 84.6 Å². The average Bonchev–Trinajstić information content (AvgIpc) is 2.18. The average molecular weight is 223 g/mol. The molecule has 6 heteroatoms. The van der Waals surface area contributed by atoms with Gasteiger partial charge in [-0.15, -0.1) is 0 Å². The molecule has 1 N–H and O–H groups in total. The third-order valence-electron chi connectivity index (χ3n) is 2.21. The summed E-state index contributed by atoms with van der Waals surface area (Å²) in [6.07, 6.45) is 0.352. The summed E-state index contributed by atoms with van der Waals surface area (Å²) < 4.78 is 26.8. The molecule has 0 radical (unpaired) electrons. The van der Waals surface area contributed by atoms with Crippen LogP contribution >= 0.6 is 7.60 Å². The summed E-state index contributed by atoms with van der Waals surface area (Å²) in [6, 6.07) is 0.334. The van der Waals surface area contributed by atoms with E-state index in [-0.39, 0.29) is 12.1 Å². The lowest BCUT2D eigenvalue weighted by Crippen LogP contribution is -2.49. The van der Waals surface area contributed by atoms with E-state index in [2.05, 4.69) is 5.32 Å². The van der Waals surface area contributed by atoms with Crippen molar-refractivity contribution < 1.29 is 18.3 Å². The van der Waals surface area contributed by atoms with Crippen LogP contribution in [-0.4, -0.2) is 45.7 Å². The molecule has 1 heterocycles. The molecule has 1 fully saturated rings. The van der Waals surface area contributed by atoms with Crippen molar-refractivity contribution in [1.82, 2.24) is 5.32 Å². The third kappa shape index (κ3) is 3.33. The maximum Gasteiger partial charge on any atom is 0.331 e. The highest BCUT2D eigenvalue weighted by Gasteiger charge is 2.29. The van der Waals surface area contributed by atoms with E-state index in [1.807, 2.05) is 6.92 Å². The minimum Gasteiger partial charge on any atom is -0.378 e. The van der Waals surface area contributed by atoms with E-state index in [1.165, 1.54) is 14.2 Å². The van der Waals surface area contributed by atoms with Crippen LogP contribution in [0.1, 0.15) is 6.92 Å². The molecule has 0 amide bonds. The molecule has 2 unspecified atom stereocenters. The van der Waals surface area contributed by atoms with Crippen LogP contribution in [0.15, 0.2) is 0 Å². The largest absolute Gasteiger partial charge is 0.378 e. The van der Waals surface area contributed by atoms with Crippen molar-refractivity contribution in [2.75, 3.05) is 33.6 Å². The van der Waals surface area contributed by atoms with Crippen molar-refractivity contribution in [3.63, 3.8) is 0 Å². The summed E-state index contributed by atoms with van der Waals surface area (Å²) in [5.74, 6) is 0. The van der Waals surface area contributed by atoms with Gasteiger partial charge in [-0.1, -0.05) is 0 Å². The summed E-state index contributed by atoms with van der Waals surface area (Å²) in [5, 5.41) is 3.28. The van der Waals surface area contributed by atoms with Crippen LogP contribution in [0, 0.1) is 0 Å². The molecule has 1 saturated heterocycles. The first-order valence-electron chi connectivity index (χ1n) is 4.64. The topological polar surface area (TPSA) is 56.8 Å². The Balaban J connectivity index is 2.46. The number of hydrogen-bond acceptors (Lipinski definition) is 5. The van der Waals surface area contributed by atoms with Crippen LogP contribution in [0.25, 0.3) is 0 Å². The number of nitrogens with one attached hydrogen (secondary N) is 1. The molecule has 0 aromatic rings. The van der Waals surface area contributed by atoms with Crippen LogP contribution in [0.5, 0.6) is 0 Å². The molecular weight excluding hydrogens is 205 g/mol. The molecule has 14 heavy (non-hydrogen) atoms. The fraction of sp³-hybridized carbons (Fsp3) is 1.00. The Morgan fingerprint density at radius 2 is 2.07 bits per heavy atom. The lowest BCUT2D eigenvalue weighted by Gasteiger charge is -2.30. The van der Waals surface area contributed by atoms with E-state index in [0.29, 0.717) is 19.4 Å². The maximum atomic E-state index is 11.8. The number of rotatable bonds is 4. The van der Waals surface area contributed by atoms with Gasteiger partial charge in [0, 0.05) is 26.3 Å². The predicted molar refractivity (Wildman–Crippen MR) is 53.7 cm³/mol. The summed E-state index contributed by atoms with van der Waals surface area (Å²) in [6.45, 7) is 3.28. The fourth-order valence-electron chi connectivity index (χ4n) is 1.48. The monoisotopic (exact) mass is 223 g/mol. The number of ether oxygens (including phenoxy) is 1. The molecule has 0 bridgehead atoms. The second kappa shape index (κ2) is 5.24. The van der Waals surface area contributed by atoms with Crippen molar-refractivity contribution >= 4 is 7.60 Å². The molecular formula is C8H18NO4P. The third-order valence-corrected chi connectivity index (χ3v) is 4.21. The van der Waals surface area contributed by atoms with Crippen molar-refractivity contribution in [3.8, 4) is 0 Å². The molecule has 0 spiro atoms. The lowest BCUT2D eigenvalue weighted by atomic mass is 10.2. The second-order valence-corrected chi connectivity index (χ2v) is 5.78. The zero-order valence-electron chi connectivity index (χ0n) is 8.86. The van der Waals surface area contributed by atoms with Gasteiger partial charge in [-0.05, 0) is 6.92 Å². The van der Waals surface area contributed by atoms with E-state index in [9.17, 15) is 4.57 Å². The first kappa shape index (κ1) is 12.1. The van der Waals surface area contributed by atoms with Gasteiger partial charge in [0.1, 0.15) is 0 Å². The smallest absolute Gasteiger partial charge is 0.331 e. The highest BCUT2D eigenvalue weighted by atomic mass is 31.2. The van der Waals surface area contributed by atoms with Crippen LogP contribution in [0.2, 0.25) is 0 Å². The van der Waals surface area contributed by atoms with Gasteiger partial charge < -0.3 is 19.1 Å². The highest BCUT2D eigenvalue weighted by Crippen LogP contribution is 2.46. The van der Waals surface area contributed by atoms with E-state index >= 15 is 0 Å². The second-order valence-electron chi connectivity index (χ2n) is 3.46. The zero-order chi connectivity index (χ0) is 10.6. The van der Waals surface area contributed by atoms with Crippen LogP contribution in [-0.2, 0) is 18.3 Å². The molecule has 0 aliphatic carbocycles. The molecule has 1 aliphatic rings. The van der Waals surface area contributed by atoms with Crippen LogP contribution in [0.3, 0.4) is 0 Å². The molecule has 84 valence electrons. The lowest BCUT2D eigenvalue weighted by molar-refractivity contribution is 0.0550. The Morgan fingerprint density at radius 3 is 2.57 bits per heavy atom. The highest BCUT2D eigenvalue weighted by molar-refractivity contribution is 7.53. The summed E-state index contributed by atoms with van der Waals surface area (Å²) in [7, 11) is -0.118. The summed E-state index contributed by atoms with van der Waals surface area (Å²) in [5.41, 5.74) is 0. The van der Waals surface area contributed by atoms with Gasteiger partial charge in [-0.3, -0.25) is 4.57 Å². The molecule has 0 saturated carbocycles. The van der Waals surface area contributed by atoms with Gasteiger partial charge in [0.2, 0.25) is 0 Å². The normalized spacial score (nSPS) is 29.1. The minimum atomic E-state index is -2.92. The molecule has 1 rings (SSSR count). The number of morpholine rings is 1. The van der Waals surface area contributed by atoms with Crippen molar-refractivity contribution in [3.05, 3.63) is 0 Å². The predicted octanol–water partition coefficient (Wildman–Crippen LogP) is 0.849. The van der Waals surface area contributed by atoms with Crippen molar-refractivity contribution in [1.29, 1.82) is 0 Å². The first-order chi connectivity index (χ1) is 6.59. The van der Waals surface area contributed by atoms with E-state index in [0.717, 1.165) is 0 Å². The van der Waals surface area contributed by atoms with Gasteiger partial charge in [-0.25, -0.2) is 0 Å². The van der Waals surface area contributed by atoms with Crippen LogP contribution < -0.4 is 5.32 Å². The summed E-state index contributed by atoms with van der Waals surface area (Å²) in [4.78, 5) is 0. The molecule has 5 nitrogen and oxygen atoms in total. The quantitative estimate of drug-likeness (QED) is 0.716. The van der Waals surface area contributed by atoms with E-state index in [1.54, 1.807) is 0 Å². The standard InChI is InChI=1S/C8H18NO4P/c1-7-4-13-5-8(9-7)6-14(10,11-2)12-3/h7-9H,4-6H2,1-3H3. The fourth-order valence-corrected chi connectivity index (χ4v) is 2.68. The Bertz CT molecular complexity index is 215. The Hall–Kier alpha value is 0.0700. The molecule has 1 aliphatic heterocycles. The van der Waals surface area contributed by atoms with E-state index in [4.69, 9.17) is 13.8 Å².